The standard InChI is InChI=1S/C19H22N8/c1-13-9-14(2)24-18(23-13)26-17-11-20-10-16(25-17)15-5-3-8-27(12-15)19-21-6-4-7-22-19/h4,6-7,9-11,15H,3,5,8,12H2,1-2H3,(H,23,24,25,26)/t15-/m0/s1. The number of nitrogens with one attached hydrogen (secondary N) is 1. The highest BCUT2D eigenvalue weighted by atomic mass is 15.3. The quantitative estimate of drug-likeness (QED) is 0.757. The van der Waals surface area contributed by atoms with Crippen LogP contribution in [0.15, 0.2) is 36.9 Å². The molecule has 0 aliphatic carbocycles. The van der Waals surface area contributed by atoms with Gasteiger partial charge in [-0.25, -0.2) is 24.9 Å². The number of rotatable bonds is 4. The van der Waals surface area contributed by atoms with Gasteiger partial charge in [0.25, 0.3) is 0 Å². The van der Waals surface area contributed by atoms with Crippen LogP contribution in [0.5, 0.6) is 0 Å². The number of piperidine rings is 1. The molecule has 0 amide bonds. The fourth-order valence-electron chi connectivity index (χ4n) is 3.39. The van der Waals surface area contributed by atoms with E-state index in [1.54, 1.807) is 18.6 Å². The second kappa shape index (κ2) is 7.61. The maximum absolute atomic E-state index is 4.76. The molecule has 1 N–H and O–H groups in total. The third-order valence-electron chi connectivity index (χ3n) is 4.55. The molecular formula is C19H22N8. The molecule has 0 unspecified atom stereocenters. The van der Waals surface area contributed by atoms with Crippen molar-refractivity contribution in [1.29, 1.82) is 0 Å². The predicted octanol–water partition coefficient (Wildman–Crippen LogP) is 2.80. The van der Waals surface area contributed by atoms with E-state index in [-0.39, 0.29) is 5.92 Å². The van der Waals surface area contributed by atoms with Crippen molar-refractivity contribution in [2.24, 2.45) is 0 Å². The van der Waals surface area contributed by atoms with Gasteiger partial charge in [-0.05, 0) is 38.8 Å². The number of aromatic nitrogens is 6. The lowest BCUT2D eigenvalue weighted by Gasteiger charge is -2.32. The van der Waals surface area contributed by atoms with Crippen LogP contribution in [0.1, 0.15) is 35.8 Å². The van der Waals surface area contributed by atoms with Gasteiger partial charge in [-0.3, -0.25) is 4.98 Å². The molecule has 0 bridgehead atoms. The van der Waals surface area contributed by atoms with E-state index in [2.05, 4.69) is 35.1 Å². The van der Waals surface area contributed by atoms with Gasteiger partial charge in [-0.1, -0.05) is 0 Å². The summed E-state index contributed by atoms with van der Waals surface area (Å²) in [5.41, 5.74) is 2.80. The van der Waals surface area contributed by atoms with Gasteiger partial charge >= 0.3 is 0 Å². The van der Waals surface area contributed by atoms with E-state index >= 15 is 0 Å². The van der Waals surface area contributed by atoms with Crippen LogP contribution in [-0.2, 0) is 0 Å². The van der Waals surface area contributed by atoms with E-state index in [0.717, 1.165) is 49.0 Å². The molecule has 27 heavy (non-hydrogen) atoms. The van der Waals surface area contributed by atoms with Crippen molar-refractivity contribution >= 4 is 17.7 Å². The number of hydrogen-bond acceptors (Lipinski definition) is 8. The lowest BCUT2D eigenvalue weighted by atomic mass is 9.95. The van der Waals surface area contributed by atoms with Crippen molar-refractivity contribution in [2.75, 3.05) is 23.3 Å². The molecule has 138 valence electrons. The highest BCUT2D eigenvalue weighted by Crippen LogP contribution is 2.27. The Hall–Kier alpha value is -3.16. The van der Waals surface area contributed by atoms with Crippen LogP contribution in [-0.4, -0.2) is 43.0 Å². The molecule has 1 aliphatic rings. The van der Waals surface area contributed by atoms with Gasteiger partial charge in [0.05, 0.1) is 11.9 Å². The highest BCUT2D eigenvalue weighted by molar-refractivity contribution is 5.47. The Labute approximate surface area is 158 Å². The Balaban J connectivity index is 1.51. The molecule has 1 fully saturated rings. The minimum atomic E-state index is 0.289. The van der Waals surface area contributed by atoms with E-state index in [4.69, 9.17) is 4.98 Å². The second-order valence-corrected chi connectivity index (χ2v) is 6.76. The molecule has 0 radical (unpaired) electrons. The van der Waals surface area contributed by atoms with Crippen molar-refractivity contribution < 1.29 is 0 Å². The summed E-state index contributed by atoms with van der Waals surface area (Å²) in [5.74, 6) is 2.26. The van der Waals surface area contributed by atoms with E-state index in [1.165, 1.54) is 0 Å². The lowest BCUT2D eigenvalue weighted by Crippen LogP contribution is -2.35. The summed E-state index contributed by atoms with van der Waals surface area (Å²) in [6.07, 6.45) is 9.24. The van der Waals surface area contributed by atoms with Crippen LogP contribution in [0.25, 0.3) is 0 Å². The van der Waals surface area contributed by atoms with Crippen LogP contribution < -0.4 is 10.2 Å². The Kier molecular flexibility index (Phi) is 4.86. The van der Waals surface area contributed by atoms with Gasteiger partial charge in [0.1, 0.15) is 0 Å². The summed E-state index contributed by atoms with van der Waals surface area (Å²) in [6.45, 7) is 5.69. The zero-order chi connectivity index (χ0) is 18.6. The summed E-state index contributed by atoms with van der Waals surface area (Å²) in [4.78, 5) is 28.9. The Morgan fingerprint density at radius 1 is 1.04 bits per heavy atom. The summed E-state index contributed by atoms with van der Waals surface area (Å²) in [7, 11) is 0. The maximum Gasteiger partial charge on any atom is 0.228 e. The van der Waals surface area contributed by atoms with Crippen molar-refractivity contribution in [3.8, 4) is 0 Å². The molecule has 3 aromatic heterocycles. The fourth-order valence-corrected chi connectivity index (χ4v) is 3.39. The van der Waals surface area contributed by atoms with Crippen LogP contribution in [0, 0.1) is 13.8 Å². The monoisotopic (exact) mass is 362 g/mol. The average molecular weight is 362 g/mol. The molecule has 3 aromatic rings. The van der Waals surface area contributed by atoms with Gasteiger partial charge in [-0.15, -0.1) is 0 Å². The number of hydrogen-bond donors (Lipinski definition) is 1. The molecule has 0 spiro atoms. The molecule has 4 heterocycles. The SMILES string of the molecule is Cc1cc(C)nc(Nc2cncc([C@H]3CCCN(c4ncccn4)C3)n2)n1. The first-order chi connectivity index (χ1) is 13.2. The largest absolute Gasteiger partial charge is 0.340 e. The van der Waals surface area contributed by atoms with E-state index < -0.39 is 0 Å². The van der Waals surface area contributed by atoms with Gasteiger partial charge in [-0.2, -0.15) is 0 Å². The summed E-state index contributed by atoms with van der Waals surface area (Å²) in [6, 6.07) is 3.77. The van der Waals surface area contributed by atoms with Gasteiger partial charge < -0.3 is 10.2 Å². The normalized spacial score (nSPS) is 17.0. The third kappa shape index (κ3) is 4.16. The second-order valence-electron chi connectivity index (χ2n) is 6.76. The van der Waals surface area contributed by atoms with Crippen molar-refractivity contribution in [3.63, 3.8) is 0 Å². The molecule has 4 rings (SSSR count). The number of aryl methyl sites for hydroxylation is 2. The van der Waals surface area contributed by atoms with Crippen molar-refractivity contribution in [3.05, 3.63) is 54.0 Å². The lowest BCUT2D eigenvalue weighted by molar-refractivity contribution is 0.494. The molecule has 0 aromatic carbocycles. The molecule has 1 aliphatic heterocycles. The molecule has 0 saturated carbocycles. The Morgan fingerprint density at radius 2 is 1.81 bits per heavy atom. The van der Waals surface area contributed by atoms with Gasteiger partial charge in [0, 0.05) is 49.0 Å². The first-order valence-corrected chi connectivity index (χ1v) is 9.10. The third-order valence-corrected chi connectivity index (χ3v) is 4.55. The van der Waals surface area contributed by atoms with E-state index in [9.17, 15) is 0 Å². The smallest absolute Gasteiger partial charge is 0.228 e. The van der Waals surface area contributed by atoms with Gasteiger partial charge in [0.15, 0.2) is 5.82 Å². The Morgan fingerprint density at radius 3 is 2.59 bits per heavy atom. The number of nitrogens with zero attached hydrogens (tertiary/aromatic N) is 7. The summed E-state index contributed by atoms with van der Waals surface area (Å²) >= 11 is 0. The number of anilines is 3. The van der Waals surface area contributed by atoms with Crippen molar-refractivity contribution in [2.45, 2.75) is 32.6 Å². The van der Waals surface area contributed by atoms with Crippen LogP contribution >= 0.6 is 0 Å². The van der Waals surface area contributed by atoms with Crippen LogP contribution in [0.2, 0.25) is 0 Å². The molecule has 8 heteroatoms. The Bertz CT molecular complexity index is 894. The van der Waals surface area contributed by atoms with E-state index in [1.807, 2.05) is 32.2 Å². The molecule has 8 nitrogen and oxygen atoms in total. The first-order valence-electron chi connectivity index (χ1n) is 9.10. The van der Waals surface area contributed by atoms with Crippen molar-refractivity contribution in [1.82, 2.24) is 29.9 Å². The molecule has 1 atom stereocenters. The molecular weight excluding hydrogens is 340 g/mol. The zero-order valence-electron chi connectivity index (χ0n) is 15.5. The first kappa shape index (κ1) is 17.3. The minimum Gasteiger partial charge on any atom is -0.340 e. The predicted molar refractivity (Wildman–Crippen MR) is 103 cm³/mol. The summed E-state index contributed by atoms with van der Waals surface area (Å²) < 4.78 is 0. The topological polar surface area (TPSA) is 92.6 Å². The maximum atomic E-state index is 4.76. The van der Waals surface area contributed by atoms with Crippen LogP contribution in [0.4, 0.5) is 17.7 Å². The zero-order valence-corrected chi connectivity index (χ0v) is 15.5. The van der Waals surface area contributed by atoms with Crippen LogP contribution in [0.3, 0.4) is 0 Å². The minimum absolute atomic E-state index is 0.289. The summed E-state index contributed by atoms with van der Waals surface area (Å²) in [5, 5.41) is 3.17. The molecule has 1 saturated heterocycles. The average Bonchev–Trinajstić information content (AvgIpc) is 2.68. The van der Waals surface area contributed by atoms with Gasteiger partial charge in [0.2, 0.25) is 11.9 Å². The van der Waals surface area contributed by atoms with E-state index in [0.29, 0.717) is 11.8 Å². The highest BCUT2D eigenvalue weighted by Gasteiger charge is 2.24. The fraction of sp³-hybridized carbons (Fsp3) is 0.368.